The van der Waals surface area contributed by atoms with Crippen molar-refractivity contribution in [3.8, 4) is 0 Å². The predicted octanol–water partition coefficient (Wildman–Crippen LogP) is 3.02. The van der Waals surface area contributed by atoms with Crippen LogP contribution in [0.4, 0.5) is 18.9 Å². The highest BCUT2D eigenvalue weighted by molar-refractivity contribution is 6.31. The van der Waals surface area contributed by atoms with Crippen LogP contribution in [-0.4, -0.2) is 12.5 Å². The zero-order valence-corrected chi connectivity index (χ0v) is 13.0. The van der Waals surface area contributed by atoms with Gasteiger partial charge in [0.2, 0.25) is 0 Å². The van der Waals surface area contributed by atoms with E-state index in [-0.39, 0.29) is 23.5 Å². The van der Waals surface area contributed by atoms with Gasteiger partial charge in [-0.15, -0.1) is 0 Å². The second-order valence-electron chi connectivity index (χ2n) is 5.08. The molecule has 2 rings (SSSR count). The standard InChI is InChI=1S/C16H14ClF3N2O/c1-9(10-2-4-14(19)15(20)6-10)21-8-16(23)22-11-3-5-13(18)12(17)7-11/h2-7,9,21H,8H2,1H3,(H,22,23)/p+1/t9-/m1/s1. The van der Waals surface area contributed by atoms with E-state index in [9.17, 15) is 18.0 Å². The lowest BCUT2D eigenvalue weighted by molar-refractivity contribution is -0.682. The number of halogens is 4. The van der Waals surface area contributed by atoms with Crippen molar-refractivity contribution in [2.45, 2.75) is 13.0 Å². The molecule has 0 unspecified atom stereocenters. The maximum Gasteiger partial charge on any atom is 0.279 e. The molecule has 0 radical (unpaired) electrons. The van der Waals surface area contributed by atoms with Crippen LogP contribution in [0.1, 0.15) is 18.5 Å². The van der Waals surface area contributed by atoms with Gasteiger partial charge < -0.3 is 10.6 Å². The molecule has 0 aromatic heterocycles. The van der Waals surface area contributed by atoms with Crippen molar-refractivity contribution in [2.24, 2.45) is 0 Å². The van der Waals surface area contributed by atoms with Crippen LogP contribution in [-0.2, 0) is 4.79 Å². The minimum absolute atomic E-state index is 0.0646. The van der Waals surface area contributed by atoms with Gasteiger partial charge in [-0.3, -0.25) is 4.79 Å². The molecule has 0 heterocycles. The number of hydrogen-bond acceptors (Lipinski definition) is 1. The van der Waals surface area contributed by atoms with Gasteiger partial charge in [0.05, 0.1) is 5.02 Å². The molecule has 1 amide bonds. The molecule has 2 aromatic rings. The molecule has 0 aliphatic rings. The summed E-state index contributed by atoms with van der Waals surface area (Å²) in [6.45, 7) is 1.84. The highest BCUT2D eigenvalue weighted by Crippen LogP contribution is 2.19. The Kier molecular flexibility index (Phi) is 5.63. The Morgan fingerprint density at radius 2 is 1.83 bits per heavy atom. The van der Waals surface area contributed by atoms with Crippen molar-refractivity contribution in [3.05, 3.63) is 64.4 Å². The number of carbonyl (C=O) groups is 1. The maximum absolute atomic E-state index is 13.2. The Hall–Kier alpha value is -2.05. The Bertz CT molecular complexity index is 724. The summed E-state index contributed by atoms with van der Waals surface area (Å²) >= 11 is 5.63. The number of carbonyl (C=O) groups excluding carboxylic acids is 1. The summed E-state index contributed by atoms with van der Waals surface area (Å²) in [6, 6.07) is 7.27. The minimum Gasteiger partial charge on any atom is -0.333 e. The van der Waals surface area contributed by atoms with E-state index in [1.807, 2.05) is 0 Å². The first kappa shape index (κ1) is 17.3. The van der Waals surface area contributed by atoms with Gasteiger partial charge in [-0.1, -0.05) is 11.6 Å². The number of benzene rings is 2. The van der Waals surface area contributed by atoms with E-state index in [0.29, 0.717) is 11.3 Å². The molecular formula is C16H15ClF3N2O+. The molecule has 3 nitrogen and oxygen atoms in total. The third-order valence-corrected chi connectivity index (χ3v) is 3.62. The quantitative estimate of drug-likeness (QED) is 0.861. The lowest BCUT2D eigenvalue weighted by Crippen LogP contribution is -2.86. The fourth-order valence-corrected chi connectivity index (χ4v) is 2.18. The third-order valence-electron chi connectivity index (χ3n) is 3.33. The molecule has 3 N–H and O–H groups in total. The largest absolute Gasteiger partial charge is 0.333 e. The van der Waals surface area contributed by atoms with Crippen LogP contribution in [0.25, 0.3) is 0 Å². The number of rotatable bonds is 5. The number of quaternary nitrogens is 1. The minimum atomic E-state index is -0.923. The van der Waals surface area contributed by atoms with Gasteiger partial charge in [0, 0.05) is 11.3 Å². The van der Waals surface area contributed by atoms with E-state index < -0.39 is 17.5 Å². The molecule has 0 saturated heterocycles. The summed E-state index contributed by atoms with van der Waals surface area (Å²) < 4.78 is 39.1. The molecule has 0 spiro atoms. The number of nitrogens with one attached hydrogen (secondary N) is 1. The van der Waals surface area contributed by atoms with Gasteiger partial charge in [-0.25, -0.2) is 13.2 Å². The molecule has 0 saturated carbocycles. The van der Waals surface area contributed by atoms with Crippen LogP contribution in [0.2, 0.25) is 5.02 Å². The van der Waals surface area contributed by atoms with Crippen molar-refractivity contribution in [1.29, 1.82) is 0 Å². The van der Waals surface area contributed by atoms with Crippen molar-refractivity contribution < 1.29 is 23.3 Å². The summed E-state index contributed by atoms with van der Waals surface area (Å²) in [4.78, 5) is 11.9. The van der Waals surface area contributed by atoms with E-state index in [1.54, 1.807) is 12.2 Å². The topological polar surface area (TPSA) is 45.7 Å². The highest BCUT2D eigenvalue weighted by Gasteiger charge is 2.14. The zero-order valence-electron chi connectivity index (χ0n) is 12.2. The van der Waals surface area contributed by atoms with E-state index in [4.69, 9.17) is 11.6 Å². The summed E-state index contributed by atoms with van der Waals surface area (Å²) in [7, 11) is 0. The fraction of sp³-hybridized carbons (Fsp3) is 0.188. The molecule has 122 valence electrons. The SMILES string of the molecule is C[C@@H]([NH2+]CC(=O)Nc1ccc(F)c(Cl)c1)c1ccc(F)c(F)c1. The second kappa shape index (κ2) is 7.48. The predicted molar refractivity (Wildman–Crippen MR) is 81.6 cm³/mol. The first-order valence-electron chi connectivity index (χ1n) is 6.90. The summed E-state index contributed by atoms with van der Waals surface area (Å²) in [6.07, 6.45) is 0. The second-order valence-corrected chi connectivity index (χ2v) is 5.49. The van der Waals surface area contributed by atoms with Crippen LogP contribution in [0.3, 0.4) is 0 Å². The fourth-order valence-electron chi connectivity index (χ4n) is 2.00. The molecule has 0 fully saturated rings. The highest BCUT2D eigenvalue weighted by atomic mass is 35.5. The van der Waals surface area contributed by atoms with Gasteiger partial charge >= 0.3 is 0 Å². The van der Waals surface area contributed by atoms with E-state index in [2.05, 4.69) is 5.32 Å². The molecule has 23 heavy (non-hydrogen) atoms. The van der Waals surface area contributed by atoms with Crippen LogP contribution in [0.15, 0.2) is 36.4 Å². The molecule has 1 atom stereocenters. The Morgan fingerprint density at radius 1 is 1.13 bits per heavy atom. The van der Waals surface area contributed by atoms with Crippen LogP contribution in [0.5, 0.6) is 0 Å². The summed E-state index contributed by atoms with van der Waals surface area (Å²) in [5.74, 6) is -2.72. The van der Waals surface area contributed by atoms with Crippen molar-refractivity contribution >= 4 is 23.2 Å². The molecule has 7 heteroatoms. The van der Waals surface area contributed by atoms with E-state index >= 15 is 0 Å². The van der Waals surface area contributed by atoms with Crippen molar-refractivity contribution in [1.82, 2.24) is 0 Å². The summed E-state index contributed by atoms with van der Waals surface area (Å²) in [5.41, 5.74) is 0.955. The zero-order chi connectivity index (χ0) is 17.0. The van der Waals surface area contributed by atoms with E-state index in [0.717, 1.165) is 18.2 Å². The van der Waals surface area contributed by atoms with Crippen molar-refractivity contribution in [3.63, 3.8) is 0 Å². The normalized spacial score (nSPS) is 12.0. The number of hydrogen-bond donors (Lipinski definition) is 2. The smallest absolute Gasteiger partial charge is 0.279 e. The monoisotopic (exact) mass is 343 g/mol. The number of nitrogens with two attached hydrogens (primary N) is 1. The van der Waals surface area contributed by atoms with Crippen LogP contribution in [0, 0.1) is 17.5 Å². The molecule has 2 aromatic carbocycles. The molecule has 0 aliphatic heterocycles. The average molecular weight is 344 g/mol. The van der Waals surface area contributed by atoms with Gasteiger partial charge in [0.1, 0.15) is 11.9 Å². The van der Waals surface area contributed by atoms with Crippen molar-refractivity contribution in [2.75, 3.05) is 11.9 Å². The van der Waals surface area contributed by atoms with E-state index in [1.165, 1.54) is 18.2 Å². The maximum atomic E-state index is 13.2. The Balaban J connectivity index is 1.90. The average Bonchev–Trinajstić information content (AvgIpc) is 2.51. The Morgan fingerprint density at radius 3 is 2.48 bits per heavy atom. The molecular weight excluding hydrogens is 329 g/mol. The third kappa shape index (κ3) is 4.71. The molecule has 0 aliphatic carbocycles. The lowest BCUT2D eigenvalue weighted by atomic mass is 10.1. The van der Waals surface area contributed by atoms with Gasteiger partial charge in [0.15, 0.2) is 18.2 Å². The number of anilines is 1. The van der Waals surface area contributed by atoms with Gasteiger partial charge in [0.25, 0.3) is 5.91 Å². The van der Waals surface area contributed by atoms with Crippen LogP contribution < -0.4 is 10.6 Å². The Labute approximate surface area is 136 Å². The first-order valence-corrected chi connectivity index (χ1v) is 7.28. The first-order chi connectivity index (χ1) is 10.9. The van der Waals surface area contributed by atoms with Crippen LogP contribution >= 0.6 is 11.6 Å². The number of amides is 1. The lowest BCUT2D eigenvalue weighted by Gasteiger charge is -2.11. The summed E-state index contributed by atoms with van der Waals surface area (Å²) in [5, 5.41) is 4.17. The molecule has 0 bridgehead atoms. The van der Waals surface area contributed by atoms with Gasteiger partial charge in [-0.2, -0.15) is 0 Å². The van der Waals surface area contributed by atoms with Gasteiger partial charge in [-0.05, 0) is 43.3 Å².